The highest BCUT2D eigenvalue weighted by molar-refractivity contribution is 6.06. The number of fused-ring (bicyclic) bond motifs is 3. The maximum Gasteiger partial charge on any atom is 0.143 e. The topological polar surface area (TPSA) is 43.2 Å². The van der Waals surface area contributed by atoms with Crippen LogP contribution in [0.15, 0.2) is 30.6 Å². The summed E-state index contributed by atoms with van der Waals surface area (Å²) >= 11 is 0. The van der Waals surface area contributed by atoms with Crippen LogP contribution >= 0.6 is 0 Å². The van der Waals surface area contributed by atoms with Crippen molar-refractivity contribution in [2.75, 3.05) is 31.3 Å². The Morgan fingerprint density at radius 2 is 2.23 bits per heavy atom. The molecule has 0 aliphatic carbocycles. The fraction of sp³-hybridized carbons (Fsp3) is 0.375. The van der Waals surface area contributed by atoms with Crippen LogP contribution in [0, 0.1) is 0 Å². The highest BCUT2D eigenvalue weighted by Crippen LogP contribution is 2.29. The Hall–Kier alpha value is -2.21. The van der Waals surface area contributed by atoms with Gasteiger partial charge in [0.1, 0.15) is 18.1 Å². The highest BCUT2D eigenvalue weighted by Gasteiger charge is 2.24. The molecule has 0 unspecified atom stereocenters. The SMILES string of the molecule is Cn1c2ccncc2c2ccc(N3CCOC[C@@H]3C[18F])nc21. The molecule has 22 heavy (non-hydrogen) atoms. The molecule has 1 fully saturated rings. The third kappa shape index (κ3) is 1.94. The largest absolute Gasteiger partial charge is 0.377 e. The predicted octanol–water partition coefficient (Wildman–Crippen LogP) is 2.30. The molecule has 4 heterocycles. The Kier molecular flexibility index (Phi) is 3.18. The summed E-state index contributed by atoms with van der Waals surface area (Å²) < 4.78 is 20.6. The molecular formula is C16H17FN4O. The number of hydrogen-bond donors (Lipinski definition) is 0. The summed E-state index contributed by atoms with van der Waals surface area (Å²) in [6.07, 6.45) is 3.64. The lowest BCUT2D eigenvalue weighted by Gasteiger charge is -2.34. The Balaban J connectivity index is 1.86. The number of aromatic nitrogens is 3. The Bertz CT molecular complexity index is 831. The number of alkyl halides is 1. The summed E-state index contributed by atoms with van der Waals surface area (Å²) in [6.45, 7) is 1.25. The molecule has 3 aromatic rings. The summed E-state index contributed by atoms with van der Waals surface area (Å²) in [5, 5.41) is 2.16. The second kappa shape index (κ2) is 5.21. The molecule has 0 N–H and O–H groups in total. The summed E-state index contributed by atoms with van der Waals surface area (Å²) in [4.78, 5) is 11.0. The van der Waals surface area contributed by atoms with Crippen molar-refractivity contribution in [3.8, 4) is 0 Å². The number of morpholine rings is 1. The van der Waals surface area contributed by atoms with Gasteiger partial charge in [0.2, 0.25) is 0 Å². The van der Waals surface area contributed by atoms with Crippen LogP contribution in [-0.4, -0.2) is 47.0 Å². The van der Waals surface area contributed by atoms with E-state index in [0.717, 1.165) is 27.8 Å². The van der Waals surface area contributed by atoms with Crippen molar-refractivity contribution in [1.29, 1.82) is 0 Å². The van der Waals surface area contributed by atoms with Crippen molar-refractivity contribution < 1.29 is 9.13 Å². The summed E-state index contributed by atoms with van der Waals surface area (Å²) in [5.74, 6) is 0.803. The molecule has 1 aliphatic heterocycles. The van der Waals surface area contributed by atoms with Crippen LogP contribution in [0.25, 0.3) is 21.9 Å². The molecule has 0 amide bonds. The molecule has 3 aromatic heterocycles. The van der Waals surface area contributed by atoms with E-state index in [1.54, 1.807) is 6.20 Å². The van der Waals surface area contributed by atoms with Crippen LogP contribution in [0.1, 0.15) is 0 Å². The maximum absolute atomic E-state index is 13.2. The summed E-state index contributed by atoms with van der Waals surface area (Å²) in [6, 6.07) is 5.74. The number of rotatable bonds is 2. The van der Waals surface area contributed by atoms with E-state index in [-0.39, 0.29) is 6.04 Å². The Morgan fingerprint density at radius 3 is 3.09 bits per heavy atom. The van der Waals surface area contributed by atoms with Gasteiger partial charge in [-0.15, -0.1) is 0 Å². The van der Waals surface area contributed by atoms with E-state index in [1.807, 2.05) is 36.3 Å². The molecule has 1 saturated heterocycles. The fourth-order valence-corrected chi connectivity index (χ4v) is 3.15. The molecule has 1 aliphatic rings. The minimum absolute atomic E-state index is 0.255. The van der Waals surface area contributed by atoms with Gasteiger partial charge in [-0.1, -0.05) is 0 Å². The molecule has 0 bridgehead atoms. The molecule has 0 aromatic carbocycles. The van der Waals surface area contributed by atoms with Crippen LogP contribution in [0.3, 0.4) is 0 Å². The van der Waals surface area contributed by atoms with Gasteiger partial charge < -0.3 is 14.2 Å². The third-order valence-electron chi connectivity index (χ3n) is 4.33. The number of anilines is 1. The van der Waals surface area contributed by atoms with Crippen LogP contribution in [0.2, 0.25) is 0 Å². The van der Waals surface area contributed by atoms with Gasteiger partial charge >= 0.3 is 0 Å². The lowest BCUT2D eigenvalue weighted by Crippen LogP contribution is -2.47. The molecule has 0 saturated carbocycles. The zero-order chi connectivity index (χ0) is 15.1. The van der Waals surface area contributed by atoms with Crippen molar-refractivity contribution in [1.82, 2.24) is 14.5 Å². The van der Waals surface area contributed by atoms with Gasteiger partial charge in [0.25, 0.3) is 0 Å². The van der Waals surface area contributed by atoms with Gasteiger partial charge in [0.15, 0.2) is 0 Å². The first kappa shape index (κ1) is 13.5. The minimum Gasteiger partial charge on any atom is -0.377 e. The molecule has 0 spiro atoms. The maximum atomic E-state index is 13.2. The molecule has 6 heteroatoms. The van der Waals surface area contributed by atoms with E-state index in [1.165, 1.54) is 0 Å². The lowest BCUT2D eigenvalue weighted by molar-refractivity contribution is 0.0856. The van der Waals surface area contributed by atoms with Gasteiger partial charge in [0.05, 0.1) is 24.8 Å². The Labute approximate surface area is 127 Å². The number of nitrogens with zero attached hydrogens (tertiary/aromatic N) is 4. The molecule has 0 radical (unpaired) electrons. The van der Waals surface area contributed by atoms with Gasteiger partial charge in [-0.25, -0.2) is 9.37 Å². The standard InChI is InChI=1S/C16H17FN4O/c1-20-14-4-5-18-9-13(14)12-2-3-15(19-16(12)20)21-6-7-22-10-11(21)8-17/h2-5,9,11H,6-8,10H2,1H3/t11-/m0/s1/i17-1. The van der Waals surface area contributed by atoms with E-state index in [0.29, 0.717) is 19.8 Å². The smallest absolute Gasteiger partial charge is 0.143 e. The van der Waals surface area contributed by atoms with Crippen LogP contribution in [-0.2, 0) is 11.8 Å². The highest BCUT2D eigenvalue weighted by atomic mass is 18.2. The van der Waals surface area contributed by atoms with Crippen LogP contribution in [0.4, 0.5) is 10.2 Å². The predicted molar refractivity (Wildman–Crippen MR) is 83.9 cm³/mol. The molecular weight excluding hydrogens is 282 g/mol. The van der Waals surface area contributed by atoms with E-state index in [9.17, 15) is 4.39 Å². The summed E-state index contributed by atoms with van der Waals surface area (Å²) in [7, 11) is 1.99. The molecule has 114 valence electrons. The summed E-state index contributed by atoms with van der Waals surface area (Å²) in [5.41, 5.74) is 1.99. The average Bonchev–Trinajstić information content (AvgIpc) is 2.88. The average molecular weight is 299 g/mol. The van der Waals surface area contributed by atoms with Gasteiger partial charge in [-0.05, 0) is 18.2 Å². The van der Waals surface area contributed by atoms with Crippen molar-refractivity contribution in [2.24, 2.45) is 7.05 Å². The fourth-order valence-electron chi connectivity index (χ4n) is 3.15. The Morgan fingerprint density at radius 1 is 1.32 bits per heavy atom. The van der Waals surface area contributed by atoms with Crippen molar-refractivity contribution in [3.05, 3.63) is 30.6 Å². The number of aryl methyl sites for hydroxylation is 1. The monoisotopic (exact) mass is 299 g/mol. The van der Waals surface area contributed by atoms with Crippen molar-refractivity contribution >= 4 is 27.8 Å². The minimum atomic E-state index is -0.432. The van der Waals surface area contributed by atoms with E-state index in [4.69, 9.17) is 9.72 Å². The van der Waals surface area contributed by atoms with E-state index in [2.05, 4.69) is 9.55 Å². The zero-order valence-corrected chi connectivity index (χ0v) is 12.4. The second-order valence-corrected chi connectivity index (χ2v) is 5.57. The zero-order valence-electron chi connectivity index (χ0n) is 12.4. The number of hydrogen-bond acceptors (Lipinski definition) is 4. The molecule has 1 atom stereocenters. The second-order valence-electron chi connectivity index (χ2n) is 5.57. The number of pyridine rings is 2. The first-order valence-electron chi connectivity index (χ1n) is 7.39. The van der Waals surface area contributed by atoms with Crippen LogP contribution < -0.4 is 4.90 Å². The molecule has 4 rings (SSSR count). The molecule has 5 nitrogen and oxygen atoms in total. The van der Waals surface area contributed by atoms with Gasteiger partial charge in [0, 0.05) is 36.8 Å². The van der Waals surface area contributed by atoms with Crippen molar-refractivity contribution in [2.45, 2.75) is 6.04 Å². The lowest BCUT2D eigenvalue weighted by atomic mass is 10.2. The van der Waals surface area contributed by atoms with Gasteiger partial charge in [-0.3, -0.25) is 4.98 Å². The number of ether oxygens (including phenoxy) is 1. The van der Waals surface area contributed by atoms with Crippen molar-refractivity contribution in [3.63, 3.8) is 0 Å². The van der Waals surface area contributed by atoms with E-state index >= 15 is 0 Å². The normalized spacial score (nSPS) is 19.2. The van der Waals surface area contributed by atoms with Gasteiger partial charge in [-0.2, -0.15) is 0 Å². The first-order chi connectivity index (χ1) is 10.8. The van der Waals surface area contributed by atoms with Crippen LogP contribution in [0.5, 0.6) is 0 Å². The van der Waals surface area contributed by atoms with E-state index < -0.39 is 6.67 Å². The quantitative estimate of drug-likeness (QED) is 0.728. The first-order valence-corrected chi connectivity index (χ1v) is 7.39. The number of halogens is 1. The third-order valence-corrected chi connectivity index (χ3v) is 4.33.